The fourth-order valence-electron chi connectivity index (χ4n) is 4.32. The van der Waals surface area contributed by atoms with Crippen molar-refractivity contribution in [2.75, 3.05) is 0 Å². The molecule has 8 heteroatoms. The number of carboxylic acid groups (broad SMARTS) is 1. The predicted octanol–water partition coefficient (Wildman–Crippen LogP) is 1.35. The van der Waals surface area contributed by atoms with Crippen molar-refractivity contribution < 1.29 is 22.9 Å². The Bertz CT molecular complexity index is 588. The van der Waals surface area contributed by atoms with Gasteiger partial charge >= 0.3 is 16.1 Å². The third-order valence-corrected chi connectivity index (χ3v) is 6.23. The molecule has 3 aliphatic rings. The van der Waals surface area contributed by atoms with Gasteiger partial charge in [-0.05, 0) is 31.1 Å². The van der Waals surface area contributed by atoms with Gasteiger partial charge in [-0.25, -0.2) is 4.79 Å². The van der Waals surface area contributed by atoms with Crippen molar-refractivity contribution in [3.63, 3.8) is 0 Å². The monoisotopic (exact) mass is 330 g/mol. The van der Waals surface area contributed by atoms with Crippen LogP contribution in [0, 0.1) is 11.8 Å². The number of hydrogen-bond acceptors (Lipinski definition) is 5. The van der Waals surface area contributed by atoms with E-state index in [-0.39, 0.29) is 11.7 Å². The van der Waals surface area contributed by atoms with E-state index in [4.69, 9.17) is 0 Å². The Kier molecular flexibility index (Phi) is 4.07. The van der Waals surface area contributed by atoms with Crippen LogP contribution in [0.15, 0.2) is 11.9 Å². The lowest BCUT2D eigenvalue weighted by molar-refractivity contribution is -0.134. The number of hydrogen-bond donors (Lipinski definition) is 3. The first kappa shape index (κ1) is 15.6. The number of fused-ring (bicyclic) bond motifs is 1. The molecule has 3 N–H and O–H groups in total. The molecule has 22 heavy (non-hydrogen) atoms. The van der Waals surface area contributed by atoms with E-state index in [2.05, 4.69) is 5.32 Å². The van der Waals surface area contributed by atoms with Gasteiger partial charge in [-0.2, -0.15) is 8.42 Å². The summed E-state index contributed by atoms with van der Waals surface area (Å²) in [6.07, 6.45) is 8.53. The van der Waals surface area contributed by atoms with Gasteiger partial charge in [0.1, 0.15) is 5.70 Å². The lowest BCUT2D eigenvalue weighted by Crippen LogP contribution is -2.51. The Labute approximate surface area is 130 Å². The number of carbonyl (C=O) groups is 1. The summed E-state index contributed by atoms with van der Waals surface area (Å²) < 4.78 is 32.5. The number of nitrogens with zero attached hydrogens (tertiary/aromatic N) is 1. The van der Waals surface area contributed by atoms with Crippen LogP contribution in [0.2, 0.25) is 0 Å². The van der Waals surface area contributed by atoms with Gasteiger partial charge in [-0.1, -0.05) is 25.7 Å². The topological polar surface area (TPSA) is 107 Å². The molecule has 2 fully saturated rings. The van der Waals surface area contributed by atoms with Crippen molar-refractivity contribution >= 4 is 16.1 Å². The molecule has 0 amide bonds. The Hall–Kier alpha value is -1.28. The van der Waals surface area contributed by atoms with E-state index in [1.165, 1.54) is 30.4 Å². The lowest BCUT2D eigenvalue weighted by Gasteiger charge is -2.44. The van der Waals surface area contributed by atoms with Crippen molar-refractivity contribution in [1.82, 2.24) is 10.2 Å². The van der Waals surface area contributed by atoms with Gasteiger partial charge in [0.2, 0.25) is 5.50 Å². The molecule has 2 aliphatic carbocycles. The largest absolute Gasteiger partial charge is 0.477 e. The van der Waals surface area contributed by atoms with E-state index in [1.54, 1.807) is 0 Å². The van der Waals surface area contributed by atoms with Gasteiger partial charge in [-0.15, -0.1) is 0 Å². The van der Waals surface area contributed by atoms with E-state index in [9.17, 15) is 22.9 Å². The number of aliphatic carboxylic acids is 1. The van der Waals surface area contributed by atoms with Gasteiger partial charge in [0, 0.05) is 12.2 Å². The average molecular weight is 330 g/mol. The predicted molar refractivity (Wildman–Crippen MR) is 79.1 cm³/mol. The second kappa shape index (κ2) is 5.73. The zero-order valence-corrected chi connectivity index (χ0v) is 13.1. The maximum Gasteiger partial charge on any atom is 0.353 e. The number of nitrogens with one attached hydrogen (secondary N) is 1. The van der Waals surface area contributed by atoms with Crippen LogP contribution in [-0.2, 0) is 14.9 Å². The van der Waals surface area contributed by atoms with E-state index in [1.807, 2.05) is 0 Å². The molecule has 1 aliphatic heterocycles. The summed E-state index contributed by atoms with van der Waals surface area (Å²) in [4.78, 5) is 12.7. The molecule has 0 aromatic heterocycles. The van der Waals surface area contributed by atoms with Gasteiger partial charge in [0.05, 0.1) is 0 Å². The van der Waals surface area contributed by atoms with Crippen LogP contribution in [0.25, 0.3) is 0 Å². The van der Waals surface area contributed by atoms with Crippen LogP contribution in [0.1, 0.15) is 44.9 Å². The van der Waals surface area contributed by atoms with Gasteiger partial charge in [-0.3, -0.25) is 4.55 Å². The molecule has 0 aromatic carbocycles. The van der Waals surface area contributed by atoms with Gasteiger partial charge in [0.15, 0.2) is 0 Å². The van der Waals surface area contributed by atoms with E-state index in [0.717, 1.165) is 25.7 Å². The van der Waals surface area contributed by atoms with Crippen LogP contribution in [-0.4, -0.2) is 40.5 Å². The van der Waals surface area contributed by atoms with Crippen molar-refractivity contribution in [3.05, 3.63) is 11.9 Å². The van der Waals surface area contributed by atoms with Crippen molar-refractivity contribution in [3.8, 4) is 0 Å². The highest BCUT2D eigenvalue weighted by atomic mass is 32.2. The zero-order valence-electron chi connectivity index (χ0n) is 12.3. The first-order valence-corrected chi connectivity index (χ1v) is 9.32. The molecule has 4 unspecified atom stereocenters. The summed E-state index contributed by atoms with van der Waals surface area (Å²) in [5.41, 5.74) is -1.47. The minimum absolute atomic E-state index is 0.0816. The van der Waals surface area contributed by atoms with Crippen LogP contribution >= 0.6 is 0 Å². The Balaban J connectivity index is 1.83. The van der Waals surface area contributed by atoms with Gasteiger partial charge in [0.25, 0.3) is 0 Å². The SMILES string of the molecule is O=C(O)C1=CNC(S(=O)(=O)O)N1C1CCC2CCCCC2C1. The van der Waals surface area contributed by atoms with Crippen LogP contribution in [0.3, 0.4) is 0 Å². The normalized spacial score (nSPS) is 35.5. The minimum Gasteiger partial charge on any atom is -0.477 e. The fourth-order valence-corrected chi connectivity index (χ4v) is 5.14. The second-order valence-electron chi connectivity index (χ2n) is 6.55. The van der Waals surface area contributed by atoms with Gasteiger partial charge < -0.3 is 15.3 Å². The maximum absolute atomic E-state index is 11.6. The van der Waals surface area contributed by atoms with Crippen LogP contribution in [0.5, 0.6) is 0 Å². The fraction of sp³-hybridized carbons (Fsp3) is 0.786. The quantitative estimate of drug-likeness (QED) is 0.670. The molecule has 0 bridgehead atoms. The summed E-state index contributed by atoms with van der Waals surface area (Å²) in [6, 6.07) is -0.163. The molecular weight excluding hydrogens is 308 g/mol. The standard InChI is InChI=1S/C14H22N2O5S/c17-13(18)12-8-15-14(22(19,20)21)16(12)11-6-5-9-3-1-2-4-10(9)7-11/h8-11,14-15H,1-7H2,(H,17,18)(H,19,20,21). The highest BCUT2D eigenvalue weighted by Crippen LogP contribution is 2.43. The Morgan fingerprint density at radius 1 is 1.18 bits per heavy atom. The van der Waals surface area contributed by atoms with Crippen molar-refractivity contribution in [1.29, 1.82) is 0 Å². The first-order valence-electron chi connectivity index (χ1n) is 7.82. The van der Waals surface area contributed by atoms with Crippen molar-refractivity contribution in [2.24, 2.45) is 11.8 Å². The first-order chi connectivity index (χ1) is 10.4. The van der Waals surface area contributed by atoms with Crippen LogP contribution < -0.4 is 5.32 Å². The summed E-state index contributed by atoms with van der Waals surface area (Å²) in [5, 5.41) is 11.8. The molecule has 0 aromatic rings. The maximum atomic E-state index is 11.6. The summed E-state index contributed by atoms with van der Waals surface area (Å²) in [7, 11) is -4.40. The summed E-state index contributed by atoms with van der Waals surface area (Å²) in [6.45, 7) is 0. The Morgan fingerprint density at radius 3 is 2.50 bits per heavy atom. The Morgan fingerprint density at radius 2 is 1.86 bits per heavy atom. The molecule has 0 radical (unpaired) electrons. The highest BCUT2D eigenvalue weighted by Gasteiger charge is 2.44. The third kappa shape index (κ3) is 2.81. The van der Waals surface area contributed by atoms with E-state index in [0.29, 0.717) is 11.8 Å². The molecule has 7 nitrogen and oxygen atoms in total. The molecule has 4 atom stereocenters. The lowest BCUT2D eigenvalue weighted by atomic mass is 9.69. The molecule has 0 spiro atoms. The van der Waals surface area contributed by atoms with Crippen LogP contribution in [0.4, 0.5) is 0 Å². The second-order valence-corrected chi connectivity index (χ2v) is 8.02. The molecule has 124 valence electrons. The number of rotatable bonds is 3. The molecule has 2 saturated carbocycles. The zero-order chi connectivity index (χ0) is 15.9. The van der Waals surface area contributed by atoms with E-state index >= 15 is 0 Å². The molecule has 1 heterocycles. The minimum atomic E-state index is -4.40. The molecular formula is C14H22N2O5S. The third-order valence-electron chi connectivity index (χ3n) is 5.30. The average Bonchev–Trinajstić information content (AvgIpc) is 2.92. The summed E-state index contributed by atoms with van der Waals surface area (Å²) in [5.74, 6) is 0.0385. The molecule has 3 rings (SSSR count). The molecule has 0 saturated heterocycles. The smallest absolute Gasteiger partial charge is 0.353 e. The number of carboxylic acids is 1. The highest BCUT2D eigenvalue weighted by molar-refractivity contribution is 7.86. The van der Waals surface area contributed by atoms with E-state index < -0.39 is 21.6 Å². The summed E-state index contributed by atoms with van der Waals surface area (Å²) >= 11 is 0. The van der Waals surface area contributed by atoms with Crippen molar-refractivity contribution in [2.45, 2.75) is 56.5 Å².